The smallest absolute Gasteiger partial charge is 0.210 e. The third kappa shape index (κ3) is 1.88. The van der Waals surface area contributed by atoms with E-state index in [1.165, 1.54) is 0 Å². The Morgan fingerprint density at radius 2 is 1.94 bits per heavy atom. The molecule has 1 N–H and O–H groups in total. The summed E-state index contributed by atoms with van der Waals surface area (Å²) in [5, 5.41) is 10.9. The Labute approximate surface area is 103 Å². The fraction of sp³-hybridized carbons (Fsp3) is 0.571. The minimum absolute atomic E-state index is 0.429. The molecule has 0 bridgehead atoms. The molecule has 0 aromatic heterocycles. The van der Waals surface area contributed by atoms with Crippen LogP contribution < -0.4 is 0 Å². The van der Waals surface area contributed by atoms with Crippen LogP contribution in [-0.4, -0.2) is 35.2 Å². The average Bonchev–Trinajstić information content (AvgIpc) is 2.34. The second-order valence-electron chi connectivity index (χ2n) is 5.00. The van der Waals surface area contributed by atoms with Crippen LogP contribution in [0.5, 0.6) is 0 Å². The summed E-state index contributed by atoms with van der Waals surface area (Å²) in [4.78, 5) is 2.25. The van der Waals surface area contributed by atoms with Crippen LogP contribution in [0.2, 0.25) is 0 Å². The highest BCUT2D eigenvalue weighted by Gasteiger charge is 2.51. The van der Waals surface area contributed by atoms with Gasteiger partial charge in [-0.1, -0.05) is 37.3 Å². The normalized spacial score (nSPS) is 29.2. The highest BCUT2D eigenvalue weighted by molar-refractivity contribution is 5.24. The molecule has 1 saturated heterocycles. The van der Waals surface area contributed by atoms with Crippen molar-refractivity contribution in [3.63, 3.8) is 0 Å². The zero-order chi connectivity index (χ0) is 12.5. The Morgan fingerprint density at radius 3 is 2.53 bits per heavy atom. The van der Waals surface area contributed by atoms with Gasteiger partial charge < -0.3 is 9.84 Å². The SMILES string of the molecule is CCN1CCO[C@@](O)(c2ccccc2)C1(C)C. The number of nitrogens with zero attached hydrogens (tertiary/aromatic N) is 1. The molecule has 0 radical (unpaired) electrons. The molecule has 1 aromatic carbocycles. The van der Waals surface area contributed by atoms with E-state index in [1.54, 1.807) is 0 Å². The van der Waals surface area contributed by atoms with Crippen LogP contribution in [0, 0.1) is 0 Å². The molecule has 0 spiro atoms. The van der Waals surface area contributed by atoms with E-state index in [1.807, 2.05) is 44.2 Å². The summed E-state index contributed by atoms with van der Waals surface area (Å²) in [5.41, 5.74) is 0.393. The molecule has 0 unspecified atom stereocenters. The molecule has 94 valence electrons. The molecule has 1 aliphatic heterocycles. The van der Waals surface area contributed by atoms with Crippen LogP contribution >= 0.6 is 0 Å². The molecule has 0 aliphatic carbocycles. The minimum atomic E-state index is -1.23. The molecule has 3 heteroatoms. The van der Waals surface area contributed by atoms with Crippen molar-refractivity contribution in [3.8, 4) is 0 Å². The predicted octanol–water partition coefficient (Wildman–Crippen LogP) is 1.96. The number of morpholine rings is 1. The van der Waals surface area contributed by atoms with Gasteiger partial charge in [0, 0.05) is 12.1 Å². The van der Waals surface area contributed by atoms with Crippen molar-refractivity contribution >= 4 is 0 Å². The lowest BCUT2D eigenvalue weighted by molar-refractivity contribution is -0.307. The van der Waals surface area contributed by atoms with E-state index in [2.05, 4.69) is 11.8 Å². The Kier molecular flexibility index (Phi) is 3.25. The summed E-state index contributed by atoms with van der Waals surface area (Å²) >= 11 is 0. The third-order valence-corrected chi connectivity index (χ3v) is 3.84. The van der Waals surface area contributed by atoms with Crippen LogP contribution in [-0.2, 0) is 10.5 Å². The Hall–Kier alpha value is -0.900. The summed E-state index contributed by atoms with van der Waals surface area (Å²) in [6.07, 6.45) is 0. The average molecular weight is 235 g/mol. The molecule has 1 heterocycles. The molecule has 2 rings (SSSR count). The van der Waals surface area contributed by atoms with Crippen LogP contribution in [0.4, 0.5) is 0 Å². The monoisotopic (exact) mass is 235 g/mol. The van der Waals surface area contributed by atoms with Gasteiger partial charge >= 0.3 is 0 Å². The van der Waals surface area contributed by atoms with E-state index in [-0.39, 0.29) is 0 Å². The van der Waals surface area contributed by atoms with Gasteiger partial charge in [0.15, 0.2) is 0 Å². The van der Waals surface area contributed by atoms with Crippen LogP contribution in [0.1, 0.15) is 26.3 Å². The van der Waals surface area contributed by atoms with Crippen molar-refractivity contribution in [1.29, 1.82) is 0 Å². The lowest BCUT2D eigenvalue weighted by Gasteiger charge is -2.52. The standard InChI is InChI=1S/C14H21NO2/c1-4-15-10-11-17-14(16,13(15,2)3)12-8-6-5-7-9-12/h5-9,16H,4,10-11H2,1-3H3/t14-/m0/s1. The maximum atomic E-state index is 10.9. The third-order valence-electron chi connectivity index (χ3n) is 3.84. The zero-order valence-corrected chi connectivity index (χ0v) is 10.8. The maximum Gasteiger partial charge on any atom is 0.210 e. The highest BCUT2D eigenvalue weighted by atomic mass is 16.6. The first-order chi connectivity index (χ1) is 8.02. The predicted molar refractivity (Wildman–Crippen MR) is 67.6 cm³/mol. The number of hydrogen-bond acceptors (Lipinski definition) is 3. The number of ether oxygens (including phenoxy) is 1. The first kappa shape index (κ1) is 12.6. The first-order valence-electron chi connectivity index (χ1n) is 6.19. The van der Waals surface area contributed by atoms with Crippen LogP contribution in [0.3, 0.4) is 0 Å². The second kappa shape index (κ2) is 4.41. The molecular formula is C14H21NO2. The van der Waals surface area contributed by atoms with E-state index in [0.717, 1.165) is 18.7 Å². The second-order valence-corrected chi connectivity index (χ2v) is 5.00. The first-order valence-corrected chi connectivity index (χ1v) is 6.19. The number of hydrogen-bond donors (Lipinski definition) is 1. The molecule has 1 aromatic rings. The van der Waals surface area contributed by atoms with Crippen molar-refractivity contribution in [3.05, 3.63) is 35.9 Å². The van der Waals surface area contributed by atoms with Crippen molar-refractivity contribution in [1.82, 2.24) is 4.90 Å². The Morgan fingerprint density at radius 1 is 1.29 bits per heavy atom. The lowest BCUT2D eigenvalue weighted by atomic mass is 9.84. The van der Waals surface area contributed by atoms with E-state index < -0.39 is 11.3 Å². The van der Waals surface area contributed by atoms with Crippen LogP contribution in [0.25, 0.3) is 0 Å². The van der Waals surface area contributed by atoms with Gasteiger partial charge in [-0.05, 0) is 20.4 Å². The number of benzene rings is 1. The summed E-state index contributed by atoms with van der Waals surface area (Å²) in [5.74, 6) is -1.23. The molecule has 17 heavy (non-hydrogen) atoms. The summed E-state index contributed by atoms with van der Waals surface area (Å²) in [7, 11) is 0. The summed E-state index contributed by atoms with van der Waals surface area (Å²) in [6, 6.07) is 9.64. The molecule has 3 nitrogen and oxygen atoms in total. The van der Waals surface area contributed by atoms with Gasteiger partial charge in [-0.15, -0.1) is 0 Å². The highest BCUT2D eigenvalue weighted by Crippen LogP contribution is 2.40. The Balaban J connectivity index is 2.42. The van der Waals surface area contributed by atoms with Gasteiger partial charge in [-0.3, -0.25) is 4.90 Å². The lowest BCUT2D eigenvalue weighted by Crippen LogP contribution is -2.64. The summed E-state index contributed by atoms with van der Waals surface area (Å²) < 4.78 is 5.71. The van der Waals surface area contributed by atoms with Gasteiger partial charge in [-0.2, -0.15) is 0 Å². The minimum Gasteiger partial charge on any atom is -0.360 e. The van der Waals surface area contributed by atoms with Crippen molar-refractivity contribution in [2.75, 3.05) is 19.7 Å². The zero-order valence-electron chi connectivity index (χ0n) is 10.8. The number of likely N-dealkylation sites (N-methyl/N-ethyl adjacent to an activating group) is 1. The number of aliphatic hydroxyl groups is 1. The molecule has 0 saturated carbocycles. The van der Waals surface area contributed by atoms with Crippen LogP contribution in [0.15, 0.2) is 30.3 Å². The maximum absolute atomic E-state index is 10.9. The quantitative estimate of drug-likeness (QED) is 0.850. The fourth-order valence-electron chi connectivity index (χ4n) is 2.63. The van der Waals surface area contributed by atoms with Crippen molar-refractivity contribution in [2.24, 2.45) is 0 Å². The van der Waals surface area contributed by atoms with Gasteiger partial charge in [0.25, 0.3) is 0 Å². The van der Waals surface area contributed by atoms with Gasteiger partial charge in [0.1, 0.15) is 0 Å². The molecule has 1 atom stereocenters. The Bertz CT molecular complexity index is 377. The fourth-order valence-corrected chi connectivity index (χ4v) is 2.63. The molecule has 1 aliphatic rings. The van der Waals surface area contributed by atoms with E-state index in [4.69, 9.17) is 4.74 Å². The van der Waals surface area contributed by atoms with Crippen molar-refractivity contribution in [2.45, 2.75) is 32.1 Å². The van der Waals surface area contributed by atoms with E-state index in [0.29, 0.717) is 6.61 Å². The van der Waals surface area contributed by atoms with Gasteiger partial charge in [0.05, 0.1) is 12.1 Å². The van der Waals surface area contributed by atoms with Gasteiger partial charge in [0.2, 0.25) is 5.79 Å². The summed E-state index contributed by atoms with van der Waals surface area (Å²) in [6.45, 7) is 8.50. The van der Waals surface area contributed by atoms with Crippen molar-refractivity contribution < 1.29 is 9.84 Å². The molecule has 1 fully saturated rings. The largest absolute Gasteiger partial charge is 0.360 e. The number of rotatable bonds is 2. The van der Waals surface area contributed by atoms with E-state index >= 15 is 0 Å². The molecule has 0 amide bonds. The van der Waals surface area contributed by atoms with Gasteiger partial charge in [-0.25, -0.2) is 0 Å². The van der Waals surface area contributed by atoms with E-state index in [9.17, 15) is 5.11 Å². The topological polar surface area (TPSA) is 32.7 Å². The molecular weight excluding hydrogens is 214 g/mol.